The van der Waals surface area contributed by atoms with Gasteiger partial charge < -0.3 is 9.80 Å². The highest BCUT2D eigenvalue weighted by molar-refractivity contribution is 5.75. The van der Waals surface area contributed by atoms with Crippen molar-refractivity contribution >= 4 is 5.91 Å². The maximum Gasteiger partial charge on any atom is 0.222 e. The van der Waals surface area contributed by atoms with Gasteiger partial charge in [0.15, 0.2) is 0 Å². The van der Waals surface area contributed by atoms with Crippen LogP contribution in [0.3, 0.4) is 0 Å². The molecule has 0 spiro atoms. The molecule has 0 saturated carbocycles. The van der Waals surface area contributed by atoms with E-state index >= 15 is 0 Å². The number of piperidine rings is 2. The molecule has 2 fully saturated rings. The molecular formula is C19H34N2O. The highest BCUT2D eigenvalue weighted by Gasteiger charge is 2.33. The fourth-order valence-electron chi connectivity index (χ4n) is 4.29. The Labute approximate surface area is 136 Å². The Bertz CT molecular complexity index is 394. The number of likely N-dealkylation sites (tertiary alicyclic amines) is 2. The predicted octanol–water partition coefficient (Wildman–Crippen LogP) is 4.19. The van der Waals surface area contributed by atoms with Gasteiger partial charge in [0.1, 0.15) is 0 Å². The number of rotatable bonds is 4. The highest BCUT2D eigenvalue weighted by atomic mass is 16.2. The average molecular weight is 306 g/mol. The highest BCUT2D eigenvalue weighted by Crippen LogP contribution is 2.34. The molecule has 3 unspecified atom stereocenters. The summed E-state index contributed by atoms with van der Waals surface area (Å²) >= 11 is 0. The van der Waals surface area contributed by atoms with E-state index in [4.69, 9.17) is 0 Å². The fourth-order valence-corrected chi connectivity index (χ4v) is 4.29. The molecule has 0 aromatic carbocycles. The molecule has 2 heterocycles. The van der Waals surface area contributed by atoms with Gasteiger partial charge in [-0.25, -0.2) is 0 Å². The third-order valence-corrected chi connectivity index (χ3v) is 5.40. The molecule has 0 radical (unpaired) electrons. The van der Waals surface area contributed by atoms with Crippen molar-refractivity contribution in [3.05, 3.63) is 11.8 Å². The molecule has 2 aliphatic heterocycles. The van der Waals surface area contributed by atoms with Crippen molar-refractivity contribution in [3.8, 4) is 0 Å². The van der Waals surface area contributed by atoms with Crippen LogP contribution in [0.15, 0.2) is 11.8 Å². The van der Waals surface area contributed by atoms with Crippen LogP contribution in [0.4, 0.5) is 0 Å². The lowest BCUT2D eigenvalue weighted by Crippen LogP contribution is -2.48. The smallest absolute Gasteiger partial charge is 0.222 e. The number of carbonyl (C=O) groups is 1. The Hall–Kier alpha value is -0.990. The van der Waals surface area contributed by atoms with Gasteiger partial charge >= 0.3 is 0 Å². The van der Waals surface area contributed by atoms with Crippen LogP contribution < -0.4 is 0 Å². The van der Waals surface area contributed by atoms with Gasteiger partial charge in [0, 0.05) is 43.2 Å². The largest absolute Gasteiger partial charge is 0.369 e. The zero-order chi connectivity index (χ0) is 16.1. The fraction of sp³-hybridized carbons (Fsp3) is 0.842. The van der Waals surface area contributed by atoms with Crippen LogP contribution in [-0.4, -0.2) is 40.9 Å². The summed E-state index contributed by atoms with van der Waals surface area (Å²) in [5.41, 5.74) is 1.52. The van der Waals surface area contributed by atoms with Gasteiger partial charge in [-0.3, -0.25) is 4.79 Å². The van der Waals surface area contributed by atoms with E-state index in [1.807, 2.05) is 6.92 Å². The summed E-state index contributed by atoms with van der Waals surface area (Å²) in [6, 6.07) is 1.28. The molecule has 2 saturated heterocycles. The van der Waals surface area contributed by atoms with Crippen molar-refractivity contribution in [1.82, 2.24) is 9.80 Å². The van der Waals surface area contributed by atoms with Crippen molar-refractivity contribution in [1.29, 1.82) is 0 Å². The van der Waals surface area contributed by atoms with Crippen LogP contribution in [0.5, 0.6) is 0 Å². The lowest BCUT2D eigenvalue weighted by molar-refractivity contribution is -0.132. The summed E-state index contributed by atoms with van der Waals surface area (Å²) in [6.45, 7) is 10.8. The van der Waals surface area contributed by atoms with Crippen molar-refractivity contribution in [2.45, 2.75) is 84.7 Å². The minimum absolute atomic E-state index is 0.320. The number of nitrogens with zero attached hydrogens (tertiary/aromatic N) is 2. The molecule has 2 aliphatic rings. The summed E-state index contributed by atoms with van der Waals surface area (Å²) in [7, 11) is 0. The molecule has 0 N–H and O–H groups in total. The molecule has 0 aliphatic carbocycles. The Kier molecular flexibility index (Phi) is 6.34. The van der Waals surface area contributed by atoms with E-state index in [0.717, 1.165) is 25.9 Å². The Morgan fingerprint density at radius 1 is 1.09 bits per heavy atom. The van der Waals surface area contributed by atoms with Crippen molar-refractivity contribution in [2.24, 2.45) is 5.92 Å². The average Bonchev–Trinajstić information content (AvgIpc) is 2.53. The number of carbonyl (C=O) groups excluding carboxylic acids is 1. The number of allylic oxidation sites excluding steroid dienone is 1. The van der Waals surface area contributed by atoms with Crippen LogP contribution >= 0.6 is 0 Å². The third-order valence-electron chi connectivity index (χ3n) is 5.40. The van der Waals surface area contributed by atoms with E-state index in [1.165, 1.54) is 31.4 Å². The monoisotopic (exact) mass is 306 g/mol. The normalized spacial score (nSPS) is 30.5. The summed E-state index contributed by atoms with van der Waals surface area (Å²) in [5.74, 6) is 0.854. The second kappa shape index (κ2) is 8.03. The first kappa shape index (κ1) is 17.4. The molecule has 126 valence electrons. The molecule has 0 aromatic rings. The van der Waals surface area contributed by atoms with E-state index < -0.39 is 0 Å². The van der Waals surface area contributed by atoms with Gasteiger partial charge in [-0.05, 0) is 52.4 Å². The lowest BCUT2D eigenvalue weighted by atomic mass is 9.88. The van der Waals surface area contributed by atoms with Crippen molar-refractivity contribution in [3.63, 3.8) is 0 Å². The summed E-state index contributed by atoms with van der Waals surface area (Å²) < 4.78 is 0. The Morgan fingerprint density at radius 3 is 2.36 bits per heavy atom. The topological polar surface area (TPSA) is 23.6 Å². The second-order valence-electron chi connectivity index (χ2n) is 7.11. The maximum absolute atomic E-state index is 12.1. The molecule has 3 atom stereocenters. The first-order valence-electron chi connectivity index (χ1n) is 9.34. The molecule has 22 heavy (non-hydrogen) atoms. The number of hydrogen-bond acceptors (Lipinski definition) is 2. The molecular weight excluding hydrogens is 272 g/mol. The van der Waals surface area contributed by atoms with Crippen LogP contribution in [0.1, 0.15) is 72.6 Å². The first-order valence-corrected chi connectivity index (χ1v) is 9.34. The maximum atomic E-state index is 12.1. The van der Waals surface area contributed by atoms with Gasteiger partial charge in [-0.1, -0.05) is 19.9 Å². The number of hydrogen-bond donors (Lipinski definition) is 0. The molecule has 0 aromatic heterocycles. The van der Waals surface area contributed by atoms with Gasteiger partial charge in [-0.15, -0.1) is 0 Å². The van der Waals surface area contributed by atoms with Crippen LogP contribution in [0.2, 0.25) is 0 Å². The minimum atomic E-state index is 0.320. The van der Waals surface area contributed by atoms with E-state index in [9.17, 15) is 4.79 Å². The zero-order valence-corrected chi connectivity index (χ0v) is 15.0. The van der Waals surface area contributed by atoms with Crippen LogP contribution in [0, 0.1) is 5.92 Å². The SMILES string of the molecule is CC/C=C(/C1CCCN(C(=O)CC)C1)N1C(C)CCCC1C. The van der Waals surface area contributed by atoms with Gasteiger partial charge in [0.05, 0.1) is 0 Å². The molecule has 1 amide bonds. The van der Waals surface area contributed by atoms with Gasteiger partial charge in [0.25, 0.3) is 0 Å². The summed E-state index contributed by atoms with van der Waals surface area (Å²) in [6.07, 6.45) is 10.5. The molecule has 0 bridgehead atoms. The van der Waals surface area contributed by atoms with E-state index in [2.05, 4.69) is 36.6 Å². The van der Waals surface area contributed by atoms with Crippen LogP contribution in [-0.2, 0) is 4.79 Å². The van der Waals surface area contributed by atoms with E-state index in [-0.39, 0.29) is 0 Å². The van der Waals surface area contributed by atoms with E-state index in [0.29, 0.717) is 30.3 Å². The summed E-state index contributed by atoms with van der Waals surface area (Å²) in [5, 5.41) is 0. The van der Waals surface area contributed by atoms with Gasteiger partial charge in [-0.2, -0.15) is 0 Å². The first-order chi connectivity index (χ1) is 10.6. The van der Waals surface area contributed by atoms with Crippen LogP contribution in [0.25, 0.3) is 0 Å². The molecule has 3 heteroatoms. The summed E-state index contributed by atoms with van der Waals surface area (Å²) in [4.78, 5) is 16.9. The third kappa shape index (κ3) is 3.85. The predicted molar refractivity (Wildman–Crippen MR) is 92.6 cm³/mol. The molecule has 2 rings (SSSR count). The second-order valence-corrected chi connectivity index (χ2v) is 7.11. The van der Waals surface area contributed by atoms with Gasteiger partial charge in [0.2, 0.25) is 5.91 Å². The quantitative estimate of drug-likeness (QED) is 0.777. The minimum Gasteiger partial charge on any atom is -0.369 e. The lowest BCUT2D eigenvalue weighted by Gasteiger charge is -2.46. The number of amides is 1. The Balaban J connectivity index is 2.16. The van der Waals surface area contributed by atoms with Crippen molar-refractivity contribution in [2.75, 3.05) is 13.1 Å². The van der Waals surface area contributed by atoms with E-state index in [1.54, 1.807) is 0 Å². The zero-order valence-electron chi connectivity index (χ0n) is 15.0. The molecule has 3 nitrogen and oxygen atoms in total. The van der Waals surface area contributed by atoms with Crippen molar-refractivity contribution < 1.29 is 4.79 Å². The Morgan fingerprint density at radius 2 is 1.77 bits per heavy atom. The standard InChI is InChI=1S/C19H34N2O/c1-5-9-18(21-15(3)10-7-11-16(21)4)17-12-8-13-20(14-17)19(22)6-2/h9,15-17H,5-8,10-14H2,1-4H3/b18-9-.